The molecule has 3 N–H and O–H groups in total. The molecule has 1 saturated heterocycles. The van der Waals surface area contributed by atoms with E-state index in [1.165, 1.54) is 24.3 Å². The van der Waals surface area contributed by atoms with Crippen LogP contribution < -0.4 is 5.73 Å². The minimum absolute atomic E-state index is 0.0744. The molecule has 1 atom stereocenters. The van der Waals surface area contributed by atoms with E-state index in [0.717, 1.165) is 4.31 Å². The average Bonchev–Trinajstić information content (AvgIpc) is 2.77. The summed E-state index contributed by atoms with van der Waals surface area (Å²) in [6, 6.07) is 5.13. The van der Waals surface area contributed by atoms with Crippen molar-refractivity contribution in [1.82, 2.24) is 4.31 Å². The van der Waals surface area contributed by atoms with Gasteiger partial charge in [0.2, 0.25) is 10.0 Å². The number of carboxylic acid groups (broad SMARTS) is 1. The van der Waals surface area contributed by atoms with Gasteiger partial charge in [0, 0.05) is 13.1 Å². The zero-order valence-corrected chi connectivity index (χ0v) is 11.4. The number of hydrogen-bond acceptors (Lipinski definition) is 4. The van der Waals surface area contributed by atoms with Gasteiger partial charge < -0.3 is 10.8 Å². The van der Waals surface area contributed by atoms with Crippen molar-refractivity contribution in [2.45, 2.75) is 17.7 Å². The number of rotatable bonds is 4. The summed E-state index contributed by atoms with van der Waals surface area (Å²) in [4.78, 5) is 11.0. The van der Waals surface area contributed by atoms with Crippen LogP contribution in [0.1, 0.15) is 12.0 Å². The zero-order chi connectivity index (χ0) is 15.0. The van der Waals surface area contributed by atoms with Crippen LogP contribution >= 0.6 is 0 Å². The van der Waals surface area contributed by atoms with Gasteiger partial charge in [-0.05, 0) is 24.1 Å². The van der Waals surface area contributed by atoms with Crippen molar-refractivity contribution in [3.8, 4) is 0 Å². The average molecular weight is 302 g/mol. The Morgan fingerprint density at radius 1 is 1.40 bits per heavy atom. The Morgan fingerprint density at radius 3 is 2.50 bits per heavy atom. The molecule has 0 bridgehead atoms. The minimum atomic E-state index is -3.66. The molecule has 1 aliphatic rings. The largest absolute Gasteiger partial charge is 0.480 e. The molecule has 0 aromatic heterocycles. The highest BCUT2D eigenvalue weighted by atomic mass is 32.2. The maximum Gasteiger partial charge on any atom is 0.325 e. The quantitative estimate of drug-likeness (QED) is 0.824. The number of nitrogens with two attached hydrogens (primary N) is 1. The molecular formula is C12H15FN2O4S. The number of sulfonamides is 1. The van der Waals surface area contributed by atoms with Crippen molar-refractivity contribution in [3.63, 3.8) is 0 Å². The summed E-state index contributed by atoms with van der Waals surface area (Å²) in [7, 11) is -3.66. The van der Waals surface area contributed by atoms with E-state index in [9.17, 15) is 17.6 Å². The molecule has 0 amide bonds. The van der Waals surface area contributed by atoms with Crippen LogP contribution in [0.2, 0.25) is 0 Å². The molecule has 2 rings (SSSR count). The smallest absolute Gasteiger partial charge is 0.325 e. The molecule has 0 saturated carbocycles. The van der Waals surface area contributed by atoms with Gasteiger partial charge in [-0.25, -0.2) is 12.8 Å². The first-order valence-corrected chi connectivity index (χ1v) is 7.58. The number of aliphatic carboxylic acids is 1. The highest BCUT2D eigenvalue weighted by Crippen LogP contribution is 2.23. The second-order valence-corrected chi connectivity index (χ2v) is 6.90. The lowest BCUT2D eigenvalue weighted by Crippen LogP contribution is -2.50. The lowest BCUT2D eigenvalue weighted by atomic mass is 10.0. The second kappa shape index (κ2) is 5.12. The summed E-state index contributed by atoms with van der Waals surface area (Å²) in [6.07, 6.45) is 0.0744. The van der Waals surface area contributed by atoms with Gasteiger partial charge in [-0.2, -0.15) is 4.31 Å². The highest BCUT2D eigenvalue weighted by molar-refractivity contribution is 7.88. The third-order valence-corrected chi connectivity index (χ3v) is 5.14. The van der Waals surface area contributed by atoms with E-state index in [2.05, 4.69) is 0 Å². The Bertz CT molecular complexity index is 617. The summed E-state index contributed by atoms with van der Waals surface area (Å²) in [5, 5.41) is 8.99. The van der Waals surface area contributed by atoms with Gasteiger partial charge in [0.05, 0.1) is 5.75 Å². The molecule has 1 heterocycles. The first-order valence-electron chi connectivity index (χ1n) is 5.97. The first kappa shape index (κ1) is 14.9. The molecule has 0 spiro atoms. The lowest BCUT2D eigenvalue weighted by Gasteiger charge is -2.20. The van der Waals surface area contributed by atoms with Crippen LogP contribution in [0.4, 0.5) is 4.39 Å². The van der Waals surface area contributed by atoms with Gasteiger partial charge in [-0.1, -0.05) is 12.1 Å². The van der Waals surface area contributed by atoms with E-state index in [4.69, 9.17) is 10.8 Å². The number of nitrogens with zero attached hydrogens (tertiary/aromatic N) is 1. The Hall–Kier alpha value is -1.51. The maximum atomic E-state index is 12.8. The summed E-state index contributed by atoms with van der Waals surface area (Å²) in [6.45, 7) is -0.168. The van der Waals surface area contributed by atoms with Crippen molar-refractivity contribution >= 4 is 16.0 Å². The van der Waals surface area contributed by atoms with Crippen molar-refractivity contribution in [2.75, 3.05) is 13.1 Å². The highest BCUT2D eigenvalue weighted by Gasteiger charge is 2.45. The number of carbonyl (C=O) groups is 1. The van der Waals surface area contributed by atoms with Gasteiger partial charge in [0.25, 0.3) is 0 Å². The summed E-state index contributed by atoms with van der Waals surface area (Å²) < 4.78 is 38.2. The molecule has 6 nitrogen and oxygen atoms in total. The van der Waals surface area contributed by atoms with Crippen molar-refractivity contribution in [3.05, 3.63) is 35.6 Å². The predicted molar refractivity (Wildman–Crippen MR) is 69.8 cm³/mol. The van der Waals surface area contributed by atoms with Gasteiger partial charge in [-0.3, -0.25) is 4.79 Å². The van der Waals surface area contributed by atoms with E-state index >= 15 is 0 Å². The van der Waals surface area contributed by atoms with E-state index in [1.807, 2.05) is 0 Å². The van der Waals surface area contributed by atoms with Crippen LogP contribution in [0.3, 0.4) is 0 Å². The van der Waals surface area contributed by atoms with Gasteiger partial charge >= 0.3 is 5.97 Å². The van der Waals surface area contributed by atoms with E-state index in [-0.39, 0.29) is 25.3 Å². The fourth-order valence-electron chi connectivity index (χ4n) is 2.09. The Labute approximate surface area is 116 Å². The van der Waals surface area contributed by atoms with Crippen LogP contribution in [0.5, 0.6) is 0 Å². The molecule has 1 aromatic carbocycles. The number of benzene rings is 1. The molecule has 20 heavy (non-hydrogen) atoms. The van der Waals surface area contributed by atoms with Gasteiger partial charge in [-0.15, -0.1) is 0 Å². The summed E-state index contributed by atoms with van der Waals surface area (Å²) in [5.41, 5.74) is 4.56. The molecule has 1 aromatic rings. The third-order valence-electron chi connectivity index (χ3n) is 3.35. The summed E-state index contributed by atoms with van der Waals surface area (Å²) in [5.74, 6) is -1.96. The van der Waals surface area contributed by atoms with Crippen molar-refractivity contribution < 1.29 is 22.7 Å². The van der Waals surface area contributed by atoms with Crippen LogP contribution in [0.25, 0.3) is 0 Å². The zero-order valence-electron chi connectivity index (χ0n) is 10.6. The fraction of sp³-hybridized carbons (Fsp3) is 0.417. The van der Waals surface area contributed by atoms with Gasteiger partial charge in [0.15, 0.2) is 0 Å². The standard InChI is InChI=1S/C12H15FN2O4S/c13-10-3-1-9(2-4-10)7-20(18,19)15-6-5-12(14,8-15)11(16)17/h1-4H,5-8,14H2,(H,16,17). The Morgan fingerprint density at radius 2 is 2.00 bits per heavy atom. The van der Waals surface area contributed by atoms with Crippen LogP contribution in [-0.4, -0.2) is 42.4 Å². The molecule has 8 heteroatoms. The Kier molecular flexibility index (Phi) is 3.81. The van der Waals surface area contributed by atoms with Crippen molar-refractivity contribution in [2.24, 2.45) is 5.73 Å². The van der Waals surface area contributed by atoms with E-state index < -0.39 is 27.3 Å². The molecule has 1 aliphatic heterocycles. The number of halogens is 1. The first-order chi connectivity index (χ1) is 9.23. The molecular weight excluding hydrogens is 287 g/mol. The van der Waals surface area contributed by atoms with Crippen LogP contribution in [0, 0.1) is 5.82 Å². The predicted octanol–water partition coefficient (Wildman–Crippen LogP) is 0.143. The van der Waals surface area contributed by atoms with E-state index in [0.29, 0.717) is 5.56 Å². The number of carboxylic acids is 1. The molecule has 110 valence electrons. The van der Waals surface area contributed by atoms with Crippen LogP contribution in [-0.2, 0) is 20.6 Å². The molecule has 1 fully saturated rings. The molecule has 0 aliphatic carbocycles. The second-order valence-electron chi connectivity index (χ2n) is 4.93. The third kappa shape index (κ3) is 2.97. The molecule has 0 radical (unpaired) electrons. The fourth-order valence-corrected chi connectivity index (χ4v) is 3.68. The van der Waals surface area contributed by atoms with Gasteiger partial charge in [0.1, 0.15) is 11.4 Å². The Balaban J connectivity index is 2.12. The maximum absolute atomic E-state index is 12.8. The topological polar surface area (TPSA) is 101 Å². The SMILES string of the molecule is NC1(C(=O)O)CCN(S(=O)(=O)Cc2ccc(F)cc2)C1. The van der Waals surface area contributed by atoms with Crippen molar-refractivity contribution in [1.29, 1.82) is 0 Å². The monoisotopic (exact) mass is 302 g/mol. The summed E-state index contributed by atoms with van der Waals surface area (Å²) >= 11 is 0. The number of hydrogen-bond donors (Lipinski definition) is 2. The minimum Gasteiger partial charge on any atom is -0.480 e. The normalized spacial score (nSPS) is 23.9. The molecule has 1 unspecified atom stereocenters. The van der Waals surface area contributed by atoms with Crippen LogP contribution in [0.15, 0.2) is 24.3 Å². The lowest BCUT2D eigenvalue weighted by molar-refractivity contribution is -0.142. The van der Waals surface area contributed by atoms with E-state index in [1.54, 1.807) is 0 Å².